The lowest BCUT2D eigenvalue weighted by Gasteiger charge is -2.35. The smallest absolute Gasteiger partial charge is 0.286 e. The number of benzene rings is 1. The molecule has 0 aliphatic carbocycles. The number of carbonyl (C=O) groups excluding carboxylic acids is 1. The molecule has 6 nitrogen and oxygen atoms in total. The van der Waals surface area contributed by atoms with E-state index in [1.807, 2.05) is 24.7 Å². The topological polar surface area (TPSA) is 53.7 Å². The Hall–Kier alpha value is -2.38. The number of amidine groups is 1. The van der Waals surface area contributed by atoms with Crippen LogP contribution in [0.15, 0.2) is 40.4 Å². The van der Waals surface area contributed by atoms with E-state index >= 15 is 0 Å². The van der Waals surface area contributed by atoms with Crippen LogP contribution in [0.25, 0.3) is 6.08 Å². The molecule has 0 unspecified atom stereocenters. The number of aliphatic imine (C=N–C) groups is 1. The summed E-state index contributed by atoms with van der Waals surface area (Å²) in [7, 11) is 1.90. The van der Waals surface area contributed by atoms with Crippen LogP contribution in [0.4, 0.5) is 0 Å². The Morgan fingerprint density at radius 1 is 1.11 bits per heavy atom. The fourth-order valence-corrected chi connectivity index (χ4v) is 4.34. The van der Waals surface area contributed by atoms with E-state index in [9.17, 15) is 4.79 Å². The van der Waals surface area contributed by atoms with E-state index in [0.29, 0.717) is 4.91 Å². The maximum absolute atomic E-state index is 12.3. The predicted molar refractivity (Wildman–Crippen MR) is 114 cm³/mol. The van der Waals surface area contributed by atoms with E-state index in [1.165, 1.54) is 22.9 Å². The molecule has 1 amide bonds. The average Bonchev–Trinajstić information content (AvgIpc) is 3.21. The van der Waals surface area contributed by atoms with Crippen molar-refractivity contribution in [1.82, 2.24) is 19.6 Å². The van der Waals surface area contributed by atoms with Gasteiger partial charge in [-0.25, -0.2) is 0 Å². The highest BCUT2D eigenvalue weighted by molar-refractivity contribution is 8.18. The highest BCUT2D eigenvalue weighted by Gasteiger charge is 2.28. The predicted octanol–water partition coefficient (Wildman–Crippen LogP) is 2.83. The Bertz CT molecular complexity index is 936. The molecule has 0 spiro atoms. The van der Waals surface area contributed by atoms with Crippen molar-refractivity contribution in [2.24, 2.45) is 12.0 Å². The van der Waals surface area contributed by atoms with Crippen molar-refractivity contribution in [2.45, 2.75) is 20.4 Å². The van der Waals surface area contributed by atoms with Gasteiger partial charge in [0.25, 0.3) is 5.91 Å². The molecule has 3 heterocycles. The third-order valence-corrected chi connectivity index (χ3v) is 6.38. The second kappa shape index (κ2) is 7.93. The lowest BCUT2D eigenvalue weighted by molar-refractivity contribution is -0.113. The molecule has 28 heavy (non-hydrogen) atoms. The minimum atomic E-state index is -0.148. The van der Waals surface area contributed by atoms with Crippen molar-refractivity contribution >= 4 is 28.9 Å². The average molecular weight is 396 g/mol. The highest BCUT2D eigenvalue weighted by atomic mass is 32.2. The van der Waals surface area contributed by atoms with Crippen molar-refractivity contribution in [3.8, 4) is 0 Å². The Morgan fingerprint density at radius 2 is 1.82 bits per heavy atom. The Morgan fingerprint density at radius 3 is 2.46 bits per heavy atom. The molecule has 1 saturated heterocycles. The van der Waals surface area contributed by atoms with Gasteiger partial charge in [-0.1, -0.05) is 29.8 Å². The van der Waals surface area contributed by atoms with Gasteiger partial charge in [-0.3, -0.25) is 14.4 Å². The zero-order valence-corrected chi connectivity index (χ0v) is 17.4. The molecule has 0 N–H and O–H groups in total. The second-order valence-electron chi connectivity index (χ2n) is 7.37. The fourth-order valence-electron chi connectivity index (χ4n) is 3.38. The van der Waals surface area contributed by atoms with Gasteiger partial charge in [0.15, 0.2) is 5.17 Å². The van der Waals surface area contributed by atoms with Crippen LogP contribution in [0.5, 0.6) is 0 Å². The minimum absolute atomic E-state index is 0.148. The summed E-state index contributed by atoms with van der Waals surface area (Å²) >= 11 is 1.48. The molecule has 0 saturated carbocycles. The van der Waals surface area contributed by atoms with Gasteiger partial charge in [0.05, 0.1) is 11.1 Å². The summed E-state index contributed by atoms with van der Waals surface area (Å²) in [6, 6.07) is 8.74. The molecular weight excluding hydrogens is 370 g/mol. The summed E-state index contributed by atoms with van der Waals surface area (Å²) in [4.78, 5) is 22.0. The maximum Gasteiger partial charge on any atom is 0.286 e. The first-order chi connectivity index (χ1) is 13.5. The van der Waals surface area contributed by atoms with Gasteiger partial charge in [-0.15, -0.1) is 0 Å². The monoisotopic (exact) mass is 395 g/mol. The molecule has 1 aromatic heterocycles. The molecule has 0 bridgehead atoms. The van der Waals surface area contributed by atoms with Crippen LogP contribution < -0.4 is 0 Å². The molecule has 0 atom stereocenters. The molecule has 2 aliphatic heterocycles. The first-order valence-electron chi connectivity index (χ1n) is 9.53. The lowest BCUT2D eigenvalue weighted by Crippen LogP contribution is -2.47. The van der Waals surface area contributed by atoms with Gasteiger partial charge in [0.1, 0.15) is 0 Å². The first kappa shape index (κ1) is 19.0. The van der Waals surface area contributed by atoms with Crippen molar-refractivity contribution in [3.05, 3.63) is 57.8 Å². The number of piperazine rings is 1. The van der Waals surface area contributed by atoms with Crippen LogP contribution >= 0.6 is 11.8 Å². The third-order valence-electron chi connectivity index (χ3n) is 5.34. The van der Waals surface area contributed by atoms with Crippen LogP contribution in [0.1, 0.15) is 22.4 Å². The molecule has 7 heteroatoms. The number of carbonyl (C=O) groups is 1. The van der Waals surface area contributed by atoms with E-state index in [0.717, 1.165) is 49.1 Å². The van der Waals surface area contributed by atoms with E-state index < -0.39 is 0 Å². The molecule has 2 aromatic rings. The summed E-state index contributed by atoms with van der Waals surface area (Å²) in [6.45, 7) is 8.82. The Balaban J connectivity index is 1.35. The summed E-state index contributed by atoms with van der Waals surface area (Å²) in [5.41, 5.74) is 4.65. The SMILES string of the molecule is Cc1ccc(CN2CCN(C3=NC(=O)C(=Cc4cnn(C)c4C)S3)CC2)cc1. The Kier molecular flexibility index (Phi) is 5.37. The number of hydrogen-bond acceptors (Lipinski definition) is 5. The van der Waals surface area contributed by atoms with E-state index in [2.05, 4.69) is 51.1 Å². The summed E-state index contributed by atoms with van der Waals surface area (Å²) in [6.07, 6.45) is 3.69. The number of aromatic nitrogens is 2. The maximum atomic E-state index is 12.3. The zero-order chi connectivity index (χ0) is 19.7. The second-order valence-corrected chi connectivity index (χ2v) is 8.38. The van der Waals surface area contributed by atoms with Crippen LogP contribution in [0, 0.1) is 13.8 Å². The number of thioether (sulfide) groups is 1. The highest BCUT2D eigenvalue weighted by Crippen LogP contribution is 2.31. The summed E-state index contributed by atoms with van der Waals surface area (Å²) in [5.74, 6) is -0.148. The van der Waals surface area contributed by atoms with Gasteiger partial charge in [-0.05, 0) is 37.2 Å². The van der Waals surface area contributed by atoms with Crippen LogP contribution in [0.3, 0.4) is 0 Å². The molecule has 146 valence electrons. The quantitative estimate of drug-likeness (QED) is 0.748. The van der Waals surface area contributed by atoms with Crippen LogP contribution in [-0.2, 0) is 18.4 Å². The molecular formula is C21H25N5OS. The Labute approximate surface area is 169 Å². The number of aryl methyl sites for hydroxylation is 2. The lowest BCUT2D eigenvalue weighted by atomic mass is 10.1. The van der Waals surface area contributed by atoms with Gasteiger partial charge in [-0.2, -0.15) is 10.1 Å². The third kappa shape index (κ3) is 4.05. The summed E-state index contributed by atoms with van der Waals surface area (Å²) in [5, 5.41) is 5.06. The van der Waals surface area contributed by atoms with E-state index in [1.54, 1.807) is 6.20 Å². The number of nitrogens with zero attached hydrogens (tertiary/aromatic N) is 5. The van der Waals surface area contributed by atoms with Gasteiger partial charge in [0.2, 0.25) is 0 Å². The molecule has 0 radical (unpaired) electrons. The van der Waals surface area contributed by atoms with Crippen molar-refractivity contribution in [1.29, 1.82) is 0 Å². The minimum Gasteiger partial charge on any atom is -0.348 e. The molecule has 2 aliphatic rings. The number of amides is 1. The largest absolute Gasteiger partial charge is 0.348 e. The van der Waals surface area contributed by atoms with Crippen LogP contribution in [-0.4, -0.2) is 56.8 Å². The van der Waals surface area contributed by atoms with Crippen LogP contribution in [0.2, 0.25) is 0 Å². The van der Waals surface area contributed by atoms with Gasteiger partial charge in [0, 0.05) is 51.0 Å². The summed E-state index contributed by atoms with van der Waals surface area (Å²) < 4.78 is 1.81. The standard InChI is InChI=1S/C21H25N5OS/c1-15-4-6-17(7-5-15)14-25-8-10-26(11-9-25)21-23-20(27)19(28-21)12-18-13-22-24(3)16(18)2/h4-7,12-13H,8-11,14H2,1-3H3. The zero-order valence-electron chi connectivity index (χ0n) is 16.6. The first-order valence-corrected chi connectivity index (χ1v) is 10.4. The van der Waals surface area contributed by atoms with Crippen molar-refractivity contribution in [2.75, 3.05) is 26.2 Å². The molecule has 4 rings (SSSR count). The number of rotatable bonds is 3. The molecule has 1 aromatic carbocycles. The van der Waals surface area contributed by atoms with E-state index in [-0.39, 0.29) is 5.91 Å². The number of hydrogen-bond donors (Lipinski definition) is 0. The van der Waals surface area contributed by atoms with Gasteiger partial charge < -0.3 is 4.90 Å². The van der Waals surface area contributed by atoms with Crippen molar-refractivity contribution in [3.63, 3.8) is 0 Å². The molecule has 1 fully saturated rings. The van der Waals surface area contributed by atoms with E-state index in [4.69, 9.17) is 0 Å². The van der Waals surface area contributed by atoms with Gasteiger partial charge >= 0.3 is 0 Å². The fraction of sp³-hybridized carbons (Fsp3) is 0.381. The normalized spacial score (nSPS) is 19.5. The van der Waals surface area contributed by atoms with Crippen molar-refractivity contribution < 1.29 is 4.79 Å².